The SMILES string of the molecule is CCOc1ccc(-c2n[nH]c(=S)n2NN=Cc2ccc(OCC)c(OC)c2)cc1. The van der Waals surface area contributed by atoms with Crippen molar-refractivity contribution in [2.24, 2.45) is 5.10 Å². The number of rotatable bonds is 9. The van der Waals surface area contributed by atoms with Gasteiger partial charge in [-0.05, 0) is 74.1 Å². The summed E-state index contributed by atoms with van der Waals surface area (Å²) in [7, 11) is 1.60. The van der Waals surface area contributed by atoms with Gasteiger partial charge in [0.25, 0.3) is 0 Å². The highest BCUT2D eigenvalue weighted by molar-refractivity contribution is 7.71. The van der Waals surface area contributed by atoms with Crippen molar-refractivity contribution in [3.8, 4) is 28.6 Å². The standard InChI is InChI=1S/C20H23N5O3S/c1-4-27-16-9-7-15(8-10-16)19-22-23-20(29)25(19)24-21-13-14-6-11-17(28-5-2)18(12-14)26-3/h6-13,24H,4-5H2,1-3H3,(H,23,29). The van der Waals surface area contributed by atoms with E-state index in [1.807, 2.05) is 56.3 Å². The molecule has 0 unspecified atom stereocenters. The molecule has 0 bridgehead atoms. The highest BCUT2D eigenvalue weighted by atomic mass is 32.1. The minimum atomic E-state index is 0.398. The van der Waals surface area contributed by atoms with Crippen LogP contribution in [0.3, 0.4) is 0 Å². The molecule has 1 aromatic heterocycles. The van der Waals surface area contributed by atoms with Gasteiger partial charge >= 0.3 is 0 Å². The lowest BCUT2D eigenvalue weighted by molar-refractivity contribution is 0.311. The zero-order valence-corrected chi connectivity index (χ0v) is 17.3. The molecular formula is C20H23N5O3S. The smallest absolute Gasteiger partial charge is 0.216 e. The average molecular weight is 414 g/mol. The van der Waals surface area contributed by atoms with Gasteiger partial charge in [-0.15, -0.1) is 0 Å². The van der Waals surface area contributed by atoms with Gasteiger partial charge in [-0.25, -0.2) is 10.6 Å². The number of nitrogens with zero attached hydrogens (tertiary/aromatic N) is 3. The van der Waals surface area contributed by atoms with Crippen molar-refractivity contribution >= 4 is 18.4 Å². The number of methoxy groups -OCH3 is 1. The minimum Gasteiger partial charge on any atom is -0.494 e. The van der Waals surface area contributed by atoms with Crippen molar-refractivity contribution in [3.05, 3.63) is 52.8 Å². The first-order valence-corrected chi connectivity index (χ1v) is 9.57. The van der Waals surface area contributed by atoms with Crippen LogP contribution in [-0.4, -0.2) is 41.4 Å². The molecule has 0 saturated heterocycles. The van der Waals surface area contributed by atoms with Gasteiger partial charge in [0.1, 0.15) is 5.75 Å². The van der Waals surface area contributed by atoms with Gasteiger partial charge < -0.3 is 14.2 Å². The fraction of sp³-hybridized carbons (Fsp3) is 0.250. The molecule has 0 spiro atoms. The molecule has 0 radical (unpaired) electrons. The van der Waals surface area contributed by atoms with Crippen LogP contribution >= 0.6 is 12.2 Å². The first-order valence-electron chi connectivity index (χ1n) is 9.16. The van der Waals surface area contributed by atoms with E-state index in [1.54, 1.807) is 18.0 Å². The molecule has 0 aliphatic carbocycles. The van der Waals surface area contributed by atoms with E-state index in [4.69, 9.17) is 26.4 Å². The van der Waals surface area contributed by atoms with Crippen LogP contribution in [0.1, 0.15) is 19.4 Å². The van der Waals surface area contributed by atoms with Crippen molar-refractivity contribution in [1.82, 2.24) is 14.9 Å². The van der Waals surface area contributed by atoms with Gasteiger partial charge in [0.15, 0.2) is 17.3 Å². The topological polar surface area (TPSA) is 85.7 Å². The molecule has 2 N–H and O–H groups in total. The van der Waals surface area contributed by atoms with E-state index >= 15 is 0 Å². The third-order valence-corrected chi connectivity index (χ3v) is 4.23. The molecule has 3 aromatic rings. The molecule has 0 aliphatic heterocycles. The van der Waals surface area contributed by atoms with Crippen LogP contribution in [-0.2, 0) is 0 Å². The fourth-order valence-electron chi connectivity index (χ4n) is 2.65. The maximum atomic E-state index is 5.53. The number of ether oxygens (including phenoxy) is 3. The van der Waals surface area contributed by atoms with Crippen molar-refractivity contribution in [1.29, 1.82) is 0 Å². The maximum absolute atomic E-state index is 5.53. The number of aromatic amines is 1. The zero-order chi connectivity index (χ0) is 20.6. The Hall–Kier alpha value is -3.33. The Kier molecular flexibility index (Phi) is 6.85. The highest BCUT2D eigenvalue weighted by Gasteiger charge is 2.09. The predicted octanol–water partition coefficient (Wildman–Crippen LogP) is 3.99. The number of aromatic nitrogens is 3. The van der Waals surface area contributed by atoms with Crippen LogP contribution < -0.4 is 19.7 Å². The van der Waals surface area contributed by atoms with E-state index in [9.17, 15) is 0 Å². The summed E-state index contributed by atoms with van der Waals surface area (Å²) in [5, 5.41) is 11.3. The third-order valence-electron chi connectivity index (χ3n) is 3.95. The molecule has 0 aliphatic rings. The molecule has 2 aromatic carbocycles. The number of hydrogen-bond acceptors (Lipinski definition) is 7. The summed E-state index contributed by atoms with van der Waals surface area (Å²) in [5.74, 6) is 2.74. The van der Waals surface area contributed by atoms with Crippen LogP contribution in [0, 0.1) is 4.77 Å². The lowest BCUT2D eigenvalue weighted by Gasteiger charge is -2.09. The molecule has 8 nitrogen and oxygen atoms in total. The van der Waals surface area contributed by atoms with Crippen LogP contribution in [0.5, 0.6) is 17.2 Å². The molecule has 9 heteroatoms. The molecule has 3 rings (SSSR count). The average Bonchev–Trinajstić information content (AvgIpc) is 3.10. The number of nitrogens with one attached hydrogen (secondary N) is 2. The molecular weight excluding hydrogens is 390 g/mol. The summed E-state index contributed by atoms with van der Waals surface area (Å²) in [4.78, 5) is 0. The van der Waals surface area contributed by atoms with E-state index in [0.717, 1.165) is 16.9 Å². The molecule has 1 heterocycles. The lowest BCUT2D eigenvalue weighted by Crippen LogP contribution is -2.10. The van der Waals surface area contributed by atoms with Gasteiger partial charge in [0.2, 0.25) is 4.77 Å². The highest BCUT2D eigenvalue weighted by Crippen LogP contribution is 2.27. The summed E-state index contributed by atoms with van der Waals surface area (Å²) < 4.78 is 18.3. The number of hydrogen-bond donors (Lipinski definition) is 2. The van der Waals surface area contributed by atoms with E-state index in [0.29, 0.717) is 35.3 Å². The van der Waals surface area contributed by atoms with E-state index in [-0.39, 0.29) is 0 Å². The first kappa shape index (κ1) is 20.4. The van der Waals surface area contributed by atoms with Crippen LogP contribution in [0.4, 0.5) is 0 Å². The molecule has 0 fully saturated rings. The second-order valence-electron chi connectivity index (χ2n) is 5.85. The van der Waals surface area contributed by atoms with Crippen LogP contribution in [0.25, 0.3) is 11.4 Å². The molecule has 0 saturated carbocycles. The Morgan fingerprint density at radius 2 is 1.86 bits per heavy atom. The van der Waals surface area contributed by atoms with Crippen molar-refractivity contribution < 1.29 is 14.2 Å². The summed E-state index contributed by atoms with van der Waals surface area (Å²) in [6.45, 7) is 5.05. The Morgan fingerprint density at radius 1 is 1.10 bits per heavy atom. The van der Waals surface area contributed by atoms with Crippen molar-refractivity contribution in [2.75, 3.05) is 25.9 Å². The van der Waals surface area contributed by atoms with Gasteiger partial charge in [0, 0.05) is 5.56 Å². The Balaban J connectivity index is 1.77. The monoisotopic (exact) mass is 413 g/mol. The largest absolute Gasteiger partial charge is 0.494 e. The summed E-state index contributed by atoms with van der Waals surface area (Å²) in [5.41, 5.74) is 4.62. The van der Waals surface area contributed by atoms with Gasteiger partial charge in [-0.2, -0.15) is 14.9 Å². The quantitative estimate of drug-likeness (QED) is 0.313. The molecule has 0 amide bonds. The minimum absolute atomic E-state index is 0.398. The fourth-order valence-corrected chi connectivity index (χ4v) is 2.82. The second-order valence-corrected chi connectivity index (χ2v) is 6.23. The molecule has 152 valence electrons. The van der Waals surface area contributed by atoms with Crippen LogP contribution in [0.2, 0.25) is 0 Å². The third kappa shape index (κ3) is 4.94. The molecule has 0 atom stereocenters. The second kappa shape index (κ2) is 9.74. The Morgan fingerprint density at radius 3 is 2.55 bits per heavy atom. The van der Waals surface area contributed by atoms with Crippen molar-refractivity contribution in [2.45, 2.75) is 13.8 Å². The number of H-pyrrole nitrogens is 1. The summed E-state index contributed by atoms with van der Waals surface area (Å²) in [6, 6.07) is 13.2. The summed E-state index contributed by atoms with van der Waals surface area (Å²) >= 11 is 5.30. The number of benzene rings is 2. The van der Waals surface area contributed by atoms with Crippen LogP contribution in [0.15, 0.2) is 47.6 Å². The van der Waals surface area contributed by atoms with E-state index in [2.05, 4.69) is 20.8 Å². The zero-order valence-electron chi connectivity index (χ0n) is 16.5. The first-order chi connectivity index (χ1) is 14.2. The number of hydrazone groups is 1. The normalized spacial score (nSPS) is 10.9. The van der Waals surface area contributed by atoms with E-state index in [1.165, 1.54) is 0 Å². The maximum Gasteiger partial charge on any atom is 0.216 e. The van der Waals surface area contributed by atoms with Gasteiger partial charge in [-0.1, -0.05) is 0 Å². The Bertz CT molecular complexity index is 1030. The van der Waals surface area contributed by atoms with Crippen molar-refractivity contribution in [3.63, 3.8) is 0 Å². The van der Waals surface area contributed by atoms with E-state index < -0.39 is 0 Å². The van der Waals surface area contributed by atoms with Gasteiger partial charge in [-0.3, -0.25) is 0 Å². The summed E-state index contributed by atoms with van der Waals surface area (Å²) in [6.07, 6.45) is 1.66. The predicted molar refractivity (Wildman–Crippen MR) is 115 cm³/mol. The van der Waals surface area contributed by atoms with Gasteiger partial charge in [0.05, 0.1) is 26.5 Å². The Labute approximate surface area is 174 Å². The lowest BCUT2D eigenvalue weighted by atomic mass is 10.2. The molecule has 29 heavy (non-hydrogen) atoms.